The van der Waals surface area contributed by atoms with Crippen molar-refractivity contribution in [1.82, 2.24) is 9.88 Å². The molecular formula is C22H28ClN3O3S. The van der Waals surface area contributed by atoms with E-state index >= 15 is 0 Å². The van der Waals surface area contributed by atoms with Crippen molar-refractivity contribution in [2.24, 2.45) is 0 Å². The van der Waals surface area contributed by atoms with Crippen molar-refractivity contribution in [2.45, 2.75) is 13.8 Å². The number of carbonyl (C=O) groups is 1. The van der Waals surface area contributed by atoms with Crippen LogP contribution in [0.2, 0.25) is 0 Å². The van der Waals surface area contributed by atoms with Gasteiger partial charge in [0.2, 0.25) is 0 Å². The van der Waals surface area contributed by atoms with E-state index in [1.807, 2.05) is 42.5 Å². The minimum atomic E-state index is -0.123. The second-order valence-electron chi connectivity index (χ2n) is 6.48. The molecule has 3 rings (SSSR count). The van der Waals surface area contributed by atoms with Gasteiger partial charge in [-0.1, -0.05) is 49.4 Å². The maximum absolute atomic E-state index is 13.1. The normalized spacial score (nSPS) is 10.7. The number of anilines is 1. The number of nitrogens with zero attached hydrogens (tertiary/aromatic N) is 3. The fourth-order valence-corrected chi connectivity index (χ4v) is 4.05. The Balaban J connectivity index is 0.00000320. The molecule has 0 saturated heterocycles. The van der Waals surface area contributed by atoms with Crippen molar-refractivity contribution >= 4 is 45.0 Å². The van der Waals surface area contributed by atoms with E-state index in [4.69, 9.17) is 9.47 Å². The summed E-state index contributed by atoms with van der Waals surface area (Å²) in [5, 5.41) is 0.701. The highest BCUT2D eigenvalue weighted by atomic mass is 35.5. The van der Waals surface area contributed by atoms with Gasteiger partial charge in [-0.2, -0.15) is 0 Å². The summed E-state index contributed by atoms with van der Waals surface area (Å²) in [6, 6.07) is 15.3. The molecule has 1 heterocycles. The first-order valence-corrected chi connectivity index (χ1v) is 10.6. The minimum absolute atomic E-state index is 0. The number of rotatable bonds is 10. The SMILES string of the molecule is CCN(CC)CCN(C(=O)COc1ccccc1OC)c1nc2ccccc2s1.Cl. The summed E-state index contributed by atoms with van der Waals surface area (Å²) >= 11 is 1.53. The number of aromatic nitrogens is 1. The van der Waals surface area contributed by atoms with E-state index in [1.165, 1.54) is 11.3 Å². The van der Waals surface area contributed by atoms with Gasteiger partial charge in [-0.25, -0.2) is 4.98 Å². The number of ether oxygens (including phenoxy) is 2. The highest BCUT2D eigenvalue weighted by Gasteiger charge is 2.21. The van der Waals surface area contributed by atoms with Gasteiger partial charge in [0.15, 0.2) is 23.2 Å². The average molecular weight is 450 g/mol. The van der Waals surface area contributed by atoms with E-state index < -0.39 is 0 Å². The third-order valence-electron chi connectivity index (χ3n) is 4.77. The summed E-state index contributed by atoms with van der Waals surface area (Å²) < 4.78 is 12.1. The van der Waals surface area contributed by atoms with Crippen molar-refractivity contribution in [2.75, 3.05) is 44.8 Å². The van der Waals surface area contributed by atoms with Crippen molar-refractivity contribution in [3.05, 3.63) is 48.5 Å². The first-order valence-electron chi connectivity index (χ1n) is 9.80. The number of benzene rings is 2. The van der Waals surface area contributed by atoms with Crippen molar-refractivity contribution in [1.29, 1.82) is 0 Å². The second kappa shape index (κ2) is 11.7. The Morgan fingerprint density at radius 3 is 2.33 bits per heavy atom. The molecule has 162 valence electrons. The number of thiazole rings is 1. The summed E-state index contributed by atoms with van der Waals surface area (Å²) in [6.45, 7) is 7.40. The molecule has 0 aliphatic rings. The smallest absolute Gasteiger partial charge is 0.266 e. The van der Waals surface area contributed by atoms with Gasteiger partial charge in [-0.3, -0.25) is 9.69 Å². The highest BCUT2D eigenvalue weighted by Crippen LogP contribution is 2.29. The Kier molecular flexibility index (Phi) is 9.36. The number of fused-ring (bicyclic) bond motifs is 1. The monoisotopic (exact) mass is 449 g/mol. The molecule has 1 amide bonds. The maximum atomic E-state index is 13.1. The van der Waals surface area contributed by atoms with Crippen LogP contribution in [0.15, 0.2) is 48.5 Å². The van der Waals surface area contributed by atoms with E-state index in [2.05, 4.69) is 23.7 Å². The Hall–Kier alpha value is -2.35. The zero-order valence-electron chi connectivity index (χ0n) is 17.5. The number of para-hydroxylation sites is 3. The predicted molar refractivity (Wildman–Crippen MR) is 125 cm³/mol. The number of hydrogen-bond donors (Lipinski definition) is 0. The van der Waals surface area contributed by atoms with E-state index in [1.54, 1.807) is 18.1 Å². The van der Waals surface area contributed by atoms with E-state index in [0.29, 0.717) is 23.2 Å². The molecule has 2 aromatic carbocycles. The van der Waals surface area contributed by atoms with Crippen molar-refractivity contribution < 1.29 is 14.3 Å². The molecule has 6 nitrogen and oxygen atoms in total. The number of amides is 1. The molecule has 1 aromatic heterocycles. The van der Waals surface area contributed by atoms with Crippen LogP contribution in [-0.4, -0.2) is 55.7 Å². The van der Waals surface area contributed by atoms with Crippen LogP contribution >= 0.6 is 23.7 Å². The van der Waals surface area contributed by atoms with Gasteiger partial charge in [0, 0.05) is 13.1 Å². The summed E-state index contributed by atoms with van der Waals surface area (Å²) in [6.07, 6.45) is 0. The van der Waals surface area contributed by atoms with Crippen LogP contribution in [0.4, 0.5) is 5.13 Å². The van der Waals surface area contributed by atoms with Crippen LogP contribution < -0.4 is 14.4 Å². The number of methoxy groups -OCH3 is 1. The van der Waals surface area contributed by atoms with E-state index in [-0.39, 0.29) is 24.9 Å². The molecule has 30 heavy (non-hydrogen) atoms. The third-order valence-corrected chi connectivity index (χ3v) is 5.83. The molecule has 3 aromatic rings. The number of likely N-dealkylation sites (N-methyl/N-ethyl adjacent to an activating group) is 1. The number of hydrogen-bond acceptors (Lipinski definition) is 6. The minimum Gasteiger partial charge on any atom is -0.493 e. The highest BCUT2D eigenvalue weighted by molar-refractivity contribution is 7.22. The predicted octanol–water partition coefficient (Wildman–Crippen LogP) is 4.48. The fourth-order valence-electron chi connectivity index (χ4n) is 3.04. The Morgan fingerprint density at radius 2 is 1.67 bits per heavy atom. The maximum Gasteiger partial charge on any atom is 0.266 e. The molecule has 0 aliphatic heterocycles. The van der Waals surface area contributed by atoms with E-state index in [9.17, 15) is 4.79 Å². The zero-order valence-corrected chi connectivity index (χ0v) is 19.2. The summed E-state index contributed by atoms with van der Waals surface area (Å²) in [7, 11) is 1.58. The van der Waals surface area contributed by atoms with Crippen LogP contribution in [0.1, 0.15) is 13.8 Å². The molecule has 0 saturated carbocycles. The largest absolute Gasteiger partial charge is 0.493 e. The van der Waals surface area contributed by atoms with Crippen LogP contribution in [0.25, 0.3) is 10.2 Å². The van der Waals surface area contributed by atoms with Crippen LogP contribution in [0.5, 0.6) is 11.5 Å². The quantitative estimate of drug-likeness (QED) is 0.456. The van der Waals surface area contributed by atoms with Gasteiger partial charge in [0.05, 0.1) is 17.3 Å². The lowest BCUT2D eigenvalue weighted by atomic mass is 10.3. The molecule has 8 heteroatoms. The van der Waals surface area contributed by atoms with Crippen LogP contribution in [0.3, 0.4) is 0 Å². The average Bonchev–Trinajstić information content (AvgIpc) is 3.19. The lowest BCUT2D eigenvalue weighted by molar-refractivity contribution is -0.120. The topological polar surface area (TPSA) is 54.9 Å². The zero-order chi connectivity index (χ0) is 20.6. The van der Waals surface area contributed by atoms with Gasteiger partial charge in [-0.05, 0) is 37.4 Å². The van der Waals surface area contributed by atoms with Crippen molar-refractivity contribution in [3.8, 4) is 11.5 Å². The molecule has 0 radical (unpaired) electrons. The molecule has 0 spiro atoms. The first-order chi connectivity index (χ1) is 14.2. The standard InChI is InChI=1S/C22H27N3O3S.ClH/c1-4-24(5-2)14-15-25(22-23-17-10-6-9-13-20(17)29-22)21(26)16-28-19-12-8-7-11-18(19)27-3;/h6-13H,4-5,14-16H2,1-3H3;1H. The van der Waals surface area contributed by atoms with Crippen LogP contribution in [0, 0.1) is 0 Å². The Labute approximate surface area is 187 Å². The fraction of sp³-hybridized carbons (Fsp3) is 0.364. The molecule has 0 bridgehead atoms. The van der Waals surface area contributed by atoms with Gasteiger partial charge in [0.1, 0.15) is 0 Å². The molecule has 0 aliphatic carbocycles. The van der Waals surface area contributed by atoms with Gasteiger partial charge < -0.3 is 14.4 Å². The Morgan fingerprint density at radius 1 is 1.00 bits per heavy atom. The number of halogens is 1. The summed E-state index contributed by atoms with van der Waals surface area (Å²) in [5.41, 5.74) is 0.902. The van der Waals surface area contributed by atoms with Crippen LogP contribution in [-0.2, 0) is 4.79 Å². The van der Waals surface area contributed by atoms with Gasteiger partial charge in [0.25, 0.3) is 5.91 Å². The third kappa shape index (κ3) is 5.84. The first kappa shape index (κ1) is 23.9. The Bertz CT molecular complexity index is 913. The van der Waals surface area contributed by atoms with Crippen molar-refractivity contribution in [3.63, 3.8) is 0 Å². The molecule has 0 fully saturated rings. The second-order valence-corrected chi connectivity index (χ2v) is 7.49. The molecule has 0 N–H and O–H groups in total. The molecular weight excluding hydrogens is 422 g/mol. The van der Waals surface area contributed by atoms with E-state index in [0.717, 1.165) is 29.9 Å². The number of carbonyl (C=O) groups excluding carboxylic acids is 1. The lowest BCUT2D eigenvalue weighted by Crippen LogP contribution is -2.41. The lowest BCUT2D eigenvalue weighted by Gasteiger charge is -2.24. The molecule has 0 unspecified atom stereocenters. The summed E-state index contributed by atoms with van der Waals surface area (Å²) in [5.74, 6) is 1.04. The molecule has 0 atom stereocenters. The van der Waals surface area contributed by atoms with Gasteiger partial charge >= 0.3 is 0 Å². The van der Waals surface area contributed by atoms with Gasteiger partial charge in [-0.15, -0.1) is 12.4 Å². The summed E-state index contributed by atoms with van der Waals surface area (Å²) in [4.78, 5) is 21.8.